The van der Waals surface area contributed by atoms with Crippen LogP contribution >= 0.6 is 0 Å². The molecule has 0 atom stereocenters. The molecule has 1 saturated heterocycles. The summed E-state index contributed by atoms with van der Waals surface area (Å²) in [5.41, 5.74) is 6.96. The summed E-state index contributed by atoms with van der Waals surface area (Å²) < 4.78 is 0. The molecule has 0 spiro atoms. The number of rotatable bonds is 4. The van der Waals surface area contributed by atoms with Crippen LogP contribution < -0.4 is 21.5 Å². The van der Waals surface area contributed by atoms with Crippen molar-refractivity contribution in [2.75, 3.05) is 29.0 Å². The molecule has 1 aliphatic carbocycles. The minimum Gasteiger partial charge on any atom is -0.368 e. The third-order valence-corrected chi connectivity index (χ3v) is 4.75. The van der Waals surface area contributed by atoms with Crippen LogP contribution in [0.4, 0.5) is 17.6 Å². The highest BCUT2D eigenvalue weighted by Crippen LogP contribution is 2.31. The largest absolute Gasteiger partial charge is 0.368 e. The fraction of sp³-hybridized carbons (Fsp3) is 0.471. The summed E-state index contributed by atoms with van der Waals surface area (Å²) >= 11 is 0. The Morgan fingerprint density at radius 1 is 1.17 bits per heavy atom. The maximum absolute atomic E-state index is 11.5. The Labute approximate surface area is 140 Å². The minimum absolute atomic E-state index is 0.0331. The van der Waals surface area contributed by atoms with E-state index >= 15 is 0 Å². The van der Waals surface area contributed by atoms with Crippen LogP contribution in [-0.2, 0) is 0 Å². The molecule has 24 heavy (non-hydrogen) atoms. The number of aromatic amines is 1. The Morgan fingerprint density at radius 3 is 2.67 bits per heavy atom. The van der Waals surface area contributed by atoms with Crippen LogP contribution in [0.1, 0.15) is 37.2 Å². The highest BCUT2D eigenvalue weighted by molar-refractivity contribution is 5.53. The lowest BCUT2D eigenvalue weighted by molar-refractivity contribution is 0.502. The minimum atomic E-state index is -0.0331. The van der Waals surface area contributed by atoms with Gasteiger partial charge in [0.1, 0.15) is 11.6 Å². The van der Waals surface area contributed by atoms with Crippen molar-refractivity contribution in [3.05, 3.63) is 40.3 Å². The van der Waals surface area contributed by atoms with Gasteiger partial charge in [0, 0.05) is 37.5 Å². The molecule has 0 radical (unpaired) electrons. The molecule has 4 N–H and O–H groups in total. The summed E-state index contributed by atoms with van der Waals surface area (Å²) in [5.74, 6) is 2.44. The smallest absolute Gasteiger partial charge is 0.248 e. The van der Waals surface area contributed by atoms with Crippen LogP contribution in [-0.4, -0.2) is 34.1 Å². The van der Waals surface area contributed by atoms with Crippen molar-refractivity contribution in [2.24, 2.45) is 0 Å². The van der Waals surface area contributed by atoms with Crippen LogP contribution in [0.2, 0.25) is 0 Å². The summed E-state index contributed by atoms with van der Waals surface area (Å²) in [6.07, 6.45) is 6.12. The fourth-order valence-corrected chi connectivity index (χ4v) is 3.28. The molecule has 1 saturated carbocycles. The van der Waals surface area contributed by atoms with Gasteiger partial charge in [-0.15, -0.1) is 0 Å². The van der Waals surface area contributed by atoms with Crippen molar-refractivity contribution >= 4 is 17.6 Å². The molecule has 7 heteroatoms. The Balaban J connectivity index is 1.45. The number of hydrogen-bond acceptors (Lipinski definition) is 6. The quantitative estimate of drug-likeness (QED) is 0.791. The first-order chi connectivity index (χ1) is 11.7. The molecule has 4 rings (SSSR count). The molecule has 0 aromatic carbocycles. The monoisotopic (exact) mass is 326 g/mol. The van der Waals surface area contributed by atoms with Gasteiger partial charge in [-0.1, -0.05) is 0 Å². The second kappa shape index (κ2) is 6.14. The molecule has 2 aliphatic rings. The van der Waals surface area contributed by atoms with Crippen LogP contribution in [0.3, 0.4) is 0 Å². The summed E-state index contributed by atoms with van der Waals surface area (Å²) in [6, 6.07) is 6.24. The molecule has 0 unspecified atom stereocenters. The second-order valence-electron chi connectivity index (χ2n) is 6.64. The van der Waals surface area contributed by atoms with E-state index in [9.17, 15) is 4.79 Å². The molecule has 2 aromatic heterocycles. The van der Waals surface area contributed by atoms with E-state index in [4.69, 9.17) is 5.73 Å². The average molecular weight is 326 g/mol. The predicted octanol–water partition coefficient (Wildman–Crippen LogP) is 1.71. The first-order valence-electron chi connectivity index (χ1n) is 8.52. The molecule has 7 nitrogen and oxygen atoms in total. The van der Waals surface area contributed by atoms with Gasteiger partial charge in [0.25, 0.3) is 0 Å². The van der Waals surface area contributed by atoms with Gasteiger partial charge in [0.05, 0.1) is 0 Å². The zero-order chi connectivity index (χ0) is 16.5. The van der Waals surface area contributed by atoms with E-state index in [1.54, 1.807) is 12.3 Å². The number of H-pyrrole nitrogens is 1. The van der Waals surface area contributed by atoms with E-state index in [0.29, 0.717) is 17.9 Å². The first kappa shape index (κ1) is 15.0. The van der Waals surface area contributed by atoms with E-state index in [-0.39, 0.29) is 5.56 Å². The molecular formula is C17H22N6O. The number of nitrogens with two attached hydrogens (primary N) is 1. The van der Waals surface area contributed by atoms with Crippen LogP contribution in [0.25, 0.3) is 0 Å². The number of anilines is 3. The van der Waals surface area contributed by atoms with Crippen molar-refractivity contribution in [1.82, 2.24) is 15.0 Å². The number of nitrogen functional groups attached to an aromatic ring is 1. The van der Waals surface area contributed by atoms with Gasteiger partial charge in [0.15, 0.2) is 0 Å². The van der Waals surface area contributed by atoms with Gasteiger partial charge < -0.3 is 20.9 Å². The standard InChI is InChI=1S/C17H22N6O/c18-17-21-14(20-13-1-2-13)10-15(22-17)23-7-4-11(5-8-23)12-3-6-19-16(24)9-12/h3,6,9-11,13H,1-2,4-5,7-8H2,(H,19,24)(H3,18,20,21,22). The number of nitrogens with one attached hydrogen (secondary N) is 2. The van der Waals surface area contributed by atoms with Gasteiger partial charge in [-0.05, 0) is 43.2 Å². The molecule has 2 fully saturated rings. The van der Waals surface area contributed by atoms with Crippen LogP contribution in [0.15, 0.2) is 29.2 Å². The van der Waals surface area contributed by atoms with Gasteiger partial charge in [-0.2, -0.15) is 9.97 Å². The molecule has 0 bridgehead atoms. The average Bonchev–Trinajstić information content (AvgIpc) is 3.38. The fourth-order valence-electron chi connectivity index (χ4n) is 3.28. The highest BCUT2D eigenvalue weighted by Gasteiger charge is 2.24. The normalized spacial score (nSPS) is 18.6. The Kier molecular flexibility index (Phi) is 3.84. The first-order valence-corrected chi connectivity index (χ1v) is 8.52. The number of pyridine rings is 1. The summed E-state index contributed by atoms with van der Waals surface area (Å²) in [7, 11) is 0. The number of hydrogen-bond donors (Lipinski definition) is 3. The Morgan fingerprint density at radius 2 is 1.96 bits per heavy atom. The lowest BCUT2D eigenvalue weighted by Gasteiger charge is -2.33. The van der Waals surface area contributed by atoms with Crippen LogP contribution in [0, 0.1) is 0 Å². The SMILES string of the molecule is Nc1nc(NC2CC2)cc(N2CCC(c3cc[nH]c(=O)c3)CC2)n1. The molecule has 2 aromatic rings. The Hall–Kier alpha value is -2.57. The van der Waals surface area contributed by atoms with E-state index in [1.165, 1.54) is 12.8 Å². The predicted molar refractivity (Wildman–Crippen MR) is 94.3 cm³/mol. The van der Waals surface area contributed by atoms with E-state index in [1.807, 2.05) is 12.1 Å². The molecular weight excluding hydrogens is 304 g/mol. The summed E-state index contributed by atoms with van der Waals surface area (Å²) in [6.45, 7) is 1.80. The van der Waals surface area contributed by atoms with Crippen molar-refractivity contribution in [3.8, 4) is 0 Å². The lowest BCUT2D eigenvalue weighted by atomic mass is 9.90. The van der Waals surface area contributed by atoms with E-state index in [0.717, 1.165) is 43.1 Å². The van der Waals surface area contributed by atoms with E-state index < -0.39 is 0 Å². The second-order valence-corrected chi connectivity index (χ2v) is 6.64. The third-order valence-electron chi connectivity index (χ3n) is 4.75. The number of nitrogens with zero attached hydrogens (tertiary/aromatic N) is 3. The maximum Gasteiger partial charge on any atom is 0.248 e. The Bertz CT molecular complexity index is 777. The van der Waals surface area contributed by atoms with Gasteiger partial charge >= 0.3 is 0 Å². The van der Waals surface area contributed by atoms with Gasteiger partial charge in [0.2, 0.25) is 11.5 Å². The lowest BCUT2D eigenvalue weighted by Crippen LogP contribution is -2.34. The number of piperidine rings is 1. The third kappa shape index (κ3) is 3.34. The molecule has 0 amide bonds. The van der Waals surface area contributed by atoms with Gasteiger partial charge in [-0.3, -0.25) is 4.79 Å². The molecule has 3 heterocycles. The number of aromatic nitrogens is 3. The van der Waals surface area contributed by atoms with Crippen molar-refractivity contribution < 1.29 is 0 Å². The van der Waals surface area contributed by atoms with Crippen molar-refractivity contribution in [3.63, 3.8) is 0 Å². The summed E-state index contributed by atoms with van der Waals surface area (Å²) in [5, 5.41) is 3.38. The molecule has 126 valence electrons. The maximum atomic E-state index is 11.5. The molecule has 1 aliphatic heterocycles. The van der Waals surface area contributed by atoms with Gasteiger partial charge in [-0.25, -0.2) is 0 Å². The van der Waals surface area contributed by atoms with E-state index in [2.05, 4.69) is 25.2 Å². The zero-order valence-corrected chi connectivity index (χ0v) is 13.5. The highest BCUT2D eigenvalue weighted by atomic mass is 16.1. The summed E-state index contributed by atoms with van der Waals surface area (Å²) in [4.78, 5) is 25.1. The van der Waals surface area contributed by atoms with Crippen molar-refractivity contribution in [1.29, 1.82) is 0 Å². The van der Waals surface area contributed by atoms with Crippen LogP contribution in [0.5, 0.6) is 0 Å². The van der Waals surface area contributed by atoms with Crippen molar-refractivity contribution in [2.45, 2.75) is 37.6 Å². The zero-order valence-electron chi connectivity index (χ0n) is 13.5. The topological polar surface area (TPSA) is 99.9 Å².